The maximum absolute atomic E-state index is 14.1. The minimum Gasteiger partial charge on any atom is -0.493 e. The van der Waals surface area contributed by atoms with Crippen molar-refractivity contribution in [1.29, 1.82) is 0 Å². The topological polar surface area (TPSA) is 85.8 Å². The highest BCUT2D eigenvalue weighted by atomic mass is 35.5. The molecule has 2 amide bonds. The highest BCUT2D eigenvalue weighted by Gasteiger charge is 2.40. The standard InChI is InChI=1S/C25H24ClFN2O4/c26-17-6-8-18(9-7-17)32-16-25(14-23(28)30)12-3-13-29(15-25)24(31)22-11-10-21(33-22)19-4-1-2-5-20(19)27/h1-2,4-11H,3,12-16H2,(H2,28,30)/t25-/m0/s1. The summed E-state index contributed by atoms with van der Waals surface area (Å²) in [6.07, 6.45) is 1.46. The van der Waals surface area contributed by atoms with Crippen molar-refractivity contribution in [3.8, 4) is 17.1 Å². The number of carbonyl (C=O) groups excluding carboxylic acids is 2. The molecule has 2 N–H and O–H groups in total. The first kappa shape index (κ1) is 22.9. The Bertz CT molecular complexity index is 1150. The van der Waals surface area contributed by atoms with Gasteiger partial charge in [-0.25, -0.2) is 4.39 Å². The zero-order valence-electron chi connectivity index (χ0n) is 17.9. The molecular weight excluding hydrogens is 447 g/mol. The predicted octanol–water partition coefficient (Wildman–Crippen LogP) is 4.92. The second-order valence-corrected chi connectivity index (χ2v) is 8.80. The van der Waals surface area contributed by atoms with Gasteiger partial charge in [0.25, 0.3) is 5.91 Å². The van der Waals surface area contributed by atoms with Gasteiger partial charge in [-0.2, -0.15) is 0 Å². The summed E-state index contributed by atoms with van der Waals surface area (Å²) in [5.41, 5.74) is 5.20. The van der Waals surface area contributed by atoms with Crippen LogP contribution in [0.4, 0.5) is 4.39 Å². The van der Waals surface area contributed by atoms with Gasteiger partial charge in [0, 0.05) is 29.9 Å². The summed E-state index contributed by atoms with van der Waals surface area (Å²) in [6, 6.07) is 16.3. The molecule has 172 valence electrons. The Morgan fingerprint density at radius 3 is 2.61 bits per heavy atom. The molecule has 1 aliphatic rings. The first-order valence-electron chi connectivity index (χ1n) is 10.7. The van der Waals surface area contributed by atoms with Crippen molar-refractivity contribution in [3.63, 3.8) is 0 Å². The second kappa shape index (κ2) is 9.67. The number of nitrogens with two attached hydrogens (primary N) is 1. The Labute approximate surface area is 196 Å². The number of rotatable bonds is 7. The first-order valence-corrected chi connectivity index (χ1v) is 11.0. The van der Waals surface area contributed by atoms with Crippen LogP contribution in [0.1, 0.15) is 29.8 Å². The van der Waals surface area contributed by atoms with E-state index in [-0.39, 0.29) is 42.6 Å². The quantitative estimate of drug-likeness (QED) is 0.531. The van der Waals surface area contributed by atoms with Gasteiger partial charge in [0.1, 0.15) is 17.3 Å². The van der Waals surface area contributed by atoms with E-state index >= 15 is 0 Å². The fourth-order valence-electron chi connectivity index (χ4n) is 4.25. The van der Waals surface area contributed by atoms with Crippen molar-refractivity contribution in [2.75, 3.05) is 19.7 Å². The summed E-state index contributed by atoms with van der Waals surface area (Å²) >= 11 is 5.93. The number of halogens is 2. The normalized spacial score (nSPS) is 18.2. The fraction of sp³-hybridized carbons (Fsp3) is 0.280. The maximum atomic E-state index is 14.1. The second-order valence-electron chi connectivity index (χ2n) is 8.36. The van der Waals surface area contributed by atoms with Gasteiger partial charge in [-0.3, -0.25) is 9.59 Å². The van der Waals surface area contributed by atoms with Crippen LogP contribution in [-0.4, -0.2) is 36.4 Å². The van der Waals surface area contributed by atoms with Gasteiger partial charge in [0.05, 0.1) is 12.2 Å². The van der Waals surface area contributed by atoms with Crippen LogP contribution in [0.3, 0.4) is 0 Å². The number of hydrogen-bond donors (Lipinski definition) is 1. The van der Waals surface area contributed by atoms with E-state index in [4.69, 9.17) is 26.5 Å². The van der Waals surface area contributed by atoms with Crippen LogP contribution >= 0.6 is 11.6 Å². The number of carbonyl (C=O) groups is 2. The number of primary amides is 1. The van der Waals surface area contributed by atoms with Crippen LogP contribution in [0.25, 0.3) is 11.3 Å². The van der Waals surface area contributed by atoms with E-state index in [1.54, 1.807) is 59.5 Å². The summed E-state index contributed by atoms with van der Waals surface area (Å²) in [6.45, 7) is 1.02. The zero-order chi connectivity index (χ0) is 23.4. The molecule has 6 nitrogen and oxygen atoms in total. The van der Waals surface area contributed by atoms with Crippen molar-refractivity contribution in [3.05, 3.63) is 77.3 Å². The van der Waals surface area contributed by atoms with E-state index in [2.05, 4.69) is 0 Å². The van der Waals surface area contributed by atoms with Gasteiger partial charge >= 0.3 is 0 Å². The molecule has 0 radical (unpaired) electrons. The zero-order valence-corrected chi connectivity index (χ0v) is 18.7. The molecule has 0 spiro atoms. The van der Waals surface area contributed by atoms with Crippen LogP contribution in [0.15, 0.2) is 65.1 Å². The van der Waals surface area contributed by atoms with E-state index in [0.29, 0.717) is 30.2 Å². The molecule has 3 aromatic rings. The lowest BCUT2D eigenvalue weighted by molar-refractivity contribution is -0.122. The SMILES string of the molecule is NC(=O)C[C@@]1(COc2ccc(Cl)cc2)CCCN(C(=O)c2ccc(-c3ccccc3F)o2)C1. The Kier molecular flexibility index (Phi) is 6.70. The van der Waals surface area contributed by atoms with Crippen molar-refractivity contribution in [2.45, 2.75) is 19.3 Å². The van der Waals surface area contributed by atoms with Crippen molar-refractivity contribution < 1.29 is 23.1 Å². The molecule has 1 aliphatic heterocycles. The van der Waals surface area contributed by atoms with Gasteiger partial charge in [0.2, 0.25) is 5.91 Å². The van der Waals surface area contributed by atoms with Crippen LogP contribution in [-0.2, 0) is 4.79 Å². The third-order valence-corrected chi connectivity index (χ3v) is 6.06. The van der Waals surface area contributed by atoms with E-state index in [0.717, 1.165) is 0 Å². The number of furan rings is 1. The minimum absolute atomic E-state index is 0.0863. The molecule has 1 saturated heterocycles. The highest BCUT2D eigenvalue weighted by Crippen LogP contribution is 2.35. The monoisotopic (exact) mass is 470 g/mol. The average Bonchev–Trinajstić information content (AvgIpc) is 3.28. The molecular formula is C25H24ClFN2O4. The smallest absolute Gasteiger partial charge is 0.289 e. The Morgan fingerprint density at radius 2 is 1.88 bits per heavy atom. The number of hydrogen-bond acceptors (Lipinski definition) is 4. The average molecular weight is 471 g/mol. The molecule has 0 saturated carbocycles. The lowest BCUT2D eigenvalue weighted by Crippen LogP contribution is -2.50. The van der Waals surface area contributed by atoms with Crippen LogP contribution in [0, 0.1) is 11.2 Å². The molecule has 2 aromatic carbocycles. The molecule has 0 bridgehead atoms. The van der Waals surface area contributed by atoms with Crippen molar-refractivity contribution in [2.24, 2.45) is 11.1 Å². The van der Waals surface area contributed by atoms with Gasteiger partial charge in [0.15, 0.2) is 5.76 Å². The van der Waals surface area contributed by atoms with Gasteiger partial charge in [-0.1, -0.05) is 23.7 Å². The Hall–Kier alpha value is -3.32. The van der Waals surface area contributed by atoms with E-state index in [1.165, 1.54) is 6.07 Å². The summed E-state index contributed by atoms with van der Waals surface area (Å²) in [4.78, 5) is 26.7. The minimum atomic E-state index is -0.625. The Morgan fingerprint density at radius 1 is 1.12 bits per heavy atom. The summed E-state index contributed by atoms with van der Waals surface area (Å²) in [5, 5.41) is 0.594. The highest BCUT2D eigenvalue weighted by molar-refractivity contribution is 6.30. The van der Waals surface area contributed by atoms with E-state index in [1.807, 2.05) is 0 Å². The van der Waals surface area contributed by atoms with Crippen LogP contribution < -0.4 is 10.5 Å². The molecule has 1 aromatic heterocycles. The van der Waals surface area contributed by atoms with Gasteiger partial charge in [-0.05, 0) is 61.4 Å². The largest absolute Gasteiger partial charge is 0.493 e. The number of ether oxygens (including phenoxy) is 1. The Balaban J connectivity index is 1.51. The lowest BCUT2D eigenvalue weighted by Gasteiger charge is -2.41. The summed E-state index contributed by atoms with van der Waals surface area (Å²) < 4.78 is 25.7. The third-order valence-electron chi connectivity index (χ3n) is 5.81. The van der Waals surface area contributed by atoms with Gasteiger partial charge in [-0.15, -0.1) is 0 Å². The van der Waals surface area contributed by atoms with E-state index < -0.39 is 17.1 Å². The molecule has 8 heteroatoms. The van der Waals surface area contributed by atoms with Crippen molar-refractivity contribution >= 4 is 23.4 Å². The number of amides is 2. The molecule has 0 unspecified atom stereocenters. The first-order chi connectivity index (χ1) is 15.8. The molecule has 4 rings (SSSR count). The fourth-order valence-corrected chi connectivity index (χ4v) is 4.37. The van der Waals surface area contributed by atoms with E-state index in [9.17, 15) is 14.0 Å². The third kappa shape index (κ3) is 5.37. The predicted molar refractivity (Wildman–Crippen MR) is 122 cm³/mol. The van der Waals surface area contributed by atoms with Crippen molar-refractivity contribution in [1.82, 2.24) is 4.90 Å². The number of nitrogens with zero attached hydrogens (tertiary/aromatic N) is 1. The number of piperidine rings is 1. The molecule has 1 atom stereocenters. The van der Waals surface area contributed by atoms with Crippen LogP contribution in [0.2, 0.25) is 5.02 Å². The summed E-state index contributed by atoms with van der Waals surface area (Å²) in [5.74, 6) is -0.193. The molecule has 2 heterocycles. The number of benzene rings is 2. The number of likely N-dealkylation sites (tertiary alicyclic amines) is 1. The lowest BCUT2D eigenvalue weighted by atomic mass is 9.77. The molecule has 0 aliphatic carbocycles. The van der Waals surface area contributed by atoms with Gasteiger partial charge < -0.3 is 19.8 Å². The van der Waals surface area contributed by atoms with Crippen LogP contribution in [0.5, 0.6) is 5.75 Å². The summed E-state index contributed by atoms with van der Waals surface area (Å²) in [7, 11) is 0. The maximum Gasteiger partial charge on any atom is 0.289 e. The molecule has 33 heavy (non-hydrogen) atoms. The molecule has 1 fully saturated rings.